The Morgan fingerprint density at radius 2 is 2.25 bits per heavy atom. The first-order valence-electron chi connectivity index (χ1n) is 5.56. The highest BCUT2D eigenvalue weighted by Crippen LogP contribution is 2.51. The summed E-state index contributed by atoms with van der Waals surface area (Å²) in [5.74, 6) is 0.719. The van der Waals surface area contributed by atoms with Crippen LogP contribution in [0.4, 0.5) is 11.4 Å². The van der Waals surface area contributed by atoms with Gasteiger partial charge in [-0.1, -0.05) is 13.8 Å². The van der Waals surface area contributed by atoms with Crippen LogP contribution in [0.15, 0.2) is 18.2 Å². The third kappa shape index (κ3) is 2.11. The summed E-state index contributed by atoms with van der Waals surface area (Å²) >= 11 is 0. The highest BCUT2D eigenvalue weighted by Gasteiger charge is 2.44. The standard InChI is InChI=1S/C13H17N3/c1-13(2)6-10(13)8-16-12-4-3-11(15)5-9(12)7-14/h3-5,10,16H,6,8,15H2,1-2H3. The van der Waals surface area contributed by atoms with Crippen LogP contribution < -0.4 is 11.1 Å². The number of benzene rings is 1. The van der Waals surface area contributed by atoms with Gasteiger partial charge in [-0.25, -0.2) is 0 Å². The van der Waals surface area contributed by atoms with Gasteiger partial charge in [0.2, 0.25) is 0 Å². The number of nitrogens with one attached hydrogen (secondary N) is 1. The summed E-state index contributed by atoms with van der Waals surface area (Å²) in [4.78, 5) is 0. The van der Waals surface area contributed by atoms with Gasteiger partial charge in [0, 0.05) is 12.2 Å². The van der Waals surface area contributed by atoms with E-state index in [2.05, 4.69) is 25.2 Å². The lowest BCUT2D eigenvalue weighted by Crippen LogP contribution is -2.08. The molecule has 0 bridgehead atoms. The minimum absolute atomic E-state index is 0.466. The number of nitrogens with two attached hydrogens (primary N) is 1. The maximum Gasteiger partial charge on any atom is 0.101 e. The van der Waals surface area contributed by atoms with Gasteiger partial charge < -0.3 is 11.1 Å². The zero-order chi connectivity index (χ0) is 11.8. The van der Waals surface area contributed by atoms with E-state index in [1.165, 1.54) is 6.42 Å². The van der Waals surface area contributed by atoms with Crippen molar-refractivity contribution in [2.75, 3.05) is 17.6 Å². The SMILES string of the molecule is CC1(C)CC1CNc1ccc(N)cc1C#N. The molecule has 1 saturated carbocycles. The molecule has 1 fully saturated rings. The number of nitrogen functional groups attached to an aromatic ring is 1. The summed E-state index contributed by atoms with van der Waals surface area (Å²) in [6.45, 7) is 5.48. The smallest absolute Gasteiger partial charge is 0.101 e. The van der Waals surface area contributed by atoms with Crippen LogP contribution in [-0.2, 0) is 0 Å². The van der Waals surface area contributed by atoms with Crippen molar-refractivity contribution in [3.63, 3.8) is 0 Å². The van der Waals surface area contributed by atoms with E-state index >= 15 is 0 Å². The monoisotopic (exact) mass is 215 g/mol. The van der Waals surface area contributed by atoms with Gasteiger partial charge in [-0.15, -0.1) is 0 Å². The Morgan fingerprint density at radius 3 is 2.81 bits per heavy atom. The molecule has 0 aliphatic heterocycles. The van der Waals surface area contributed by atoms with Gasteiger partial charge >= 0.3 is 0 Å². The second kappa shape index (κ2) is 3.71. The Kier molecular flexibility index (Phi) is 2.51. The third-order valence-electron chi connectivity index (χ3n) is 3.42. The van der Waals surface area contributed by atoms with E-state index in [9.17, 15) is 0 Å². The second-order valence-corrected chi connectivity index (χ2v) is 5.19. The predicted octanol–water partition coefficient (Wildman–Crippen LogP) is 2.60. The summed E-state index contributed by atoms with van der Waals surface area (Å²) < 4.78 is 0. The lowest BCUT2D eigenvalue weighted by atomic mass is 10.1. The molecule has 0 spiro atoms. The Morgan fingerprint density at radius 1 is 1.56 bits per heavy atom. The second-order valence-electron chi connectivity index (χ2n) is 5.19. The van der Waals surface area contributed by atoms with Gasteiger partial charge in [0.1, 0.15) is 6.07 Å². The molecule has 3 heteroatoms. The number of hydrogen-bond acceptors (Lipinski definition) is 3. The number of rotatable bonds is 3. The van der Waals surface area contributed by atoms with Gasteiger partial charge in [0.05, 0.1) is 11.3 Å². The lowest BCUT2D eigenvalue weighted by molar-refractivity contribution is 0.573. The van der Waals surface area contributed by atoms with Crippen molar-refractivity contribution in [3.05, 3.63) is 23.8 Å². The molecule has 1 aliphatic carbocycles. The van der Waals surface area contributed by atoms with Crippen LogP contribution >= 0.6 is 0 Å². The molecule has 0 radical (unpaired) electrons. The van der Waals surface area contributed by atoms with Crippen LogP contribution in [-0.4, -0.2) is 6.54 Å². The first-order chi connectivity index (χ1) is 7.53. The average Bonchev–Trinajstić information content (AvgIpc) is 2.84. The molecular weight excluding hydrogens is 198 g/mol. The van der Waals surface area contributed by atoms with Crippen LogP contribution in [0.2, 0.25) is 0 Å². The lowest BCUT2D eigenvalue weighted by Gasteiger charge is -2.09. The Bertz CT molecular complexity index is 443. The van der Waals surface area contributed by atoms with E-state index in [4.69, 9.17) is 11.0 Å². The van der Waals surface area contributed by atoms with Crippen molar-refractivity contribution in [3.8, 4) is 6.07 Å². The van der Waals surface area contributed by atoms with Gasteiger partial charge in [-0.2, -0.15) is 5.26 Å². The van der Waals surface area contributed by atoms with E-state index in [1.807, 2.05) is 12.1 Å². The zero-order valence-corrected chi connectivity index (χ0v) is 9.75. The number of anilines is 2. The fourth-order valence-corrected chi connectivity index (χ4v) is 1.97. The fraction of sp³-hybridized carbons (Fsp3) is 0.462. The summed E-state index contributed by atoms with van der Waals surface area (Å²) in [5.41, 5.74) is 8.25. The number of hydrogen-bond donors (Lipinski definition) is 2. The first kappa shape index (κ1) is 10.8. The summed E-state index contributed by atoms with van der Waals surface area (Å²) in [7, 11) is 0. The number of nitrogens with zero attached hydrogens (tertiary/aromatic N) is 1. The van der Waals surface area contributed by atoms with Crippen LogP contribution in [0, 0.1) is 22.7 Å². The van der Waals surface area contributed by atoms with E-state index < -0.39 is 0 Å². The molecule has 3 N–H and O–H groups in total. The Hall–Kier alpha value is -1.69. The van der Waals surface area contributed by atoms with Crippen LogP contribution in [0.5, 0.6) is 0 Å². The van der Waals surface area contributed by atoms with Crippen molar-refractivity contribution in [1.29, 1.82) is 5.26 Å². The fourth-order valence-electron chi connectivity index (χ4n) is 1.97. The van der Waals surface area contributed by atoms with Crippen molar-refractivity contribution < 1.29 is 0 Å². The molecule has 1 aromatic carbocycles. The first-order valence-corrected chi connectivity index (χ1v) is 5.56. The van der Waals surface area contributed by atoms with Gasteiger partial charge in [0.25, 0.3) is 0 Å². The Labute approximate surface area is 96.3 Å². The molecule has 0 heterocycles. The molecule has 84 valence electrons. The topological polar surface area (TPSA) is 61.8 Å². The highest BCUT2D eigenvalue weighted by atomic mass is 14.9. The van der Waals surface area contributed by atoms with E-state index in [-0.39, 0.29) is 0 Å². The van der Waals surface area contributed by atoms with Gasteiger partial charge in [-0.05, 0) is 36.0 Å². The maximum absolute atomic E-state index is 8.98. The third-order valence-corrected chi connectivity index (χ3v) is 3.42. The normalized spacial score (nSPS) is 21.2. The van der Waals surface area contributed by atoms with Crippen molar-refractivity contribution in [2.24, 2.45) is 11.3 Å². The van der Waals surface area contributed by atoms with Gasteiger partial charge in [0.15, 0.2) is 0 Å². The molecule has 2 rings (SSSR count). The minimum Gasteiger partial charge on any atom is -0.399 e. The van der Waals surface area contributed by atoms with Crippen LogP contribution in [0.1, 0.15) is 25.8 Å². The zero-order valence-electron chi connectivity index (χ0n) is 9.75. The Balaban J connectivity index is 2.02. The van der Waals surface area contributed by atoms with Crippen molar-refractivity contribution in [1.82, 2.24) is 0 Å². The largest absolute Gasteiger partial charge is 0.399 e. The highest BCUT2D eigenvalue weighted by molar-refractivity contribution is 5.63. The molecule has 1 aliphatic rings. The molecular formula is C13H17N3. The van der Waals surface area contributed by atoms with Crippen LogP contribution in [0.25, 0.3) is 0 Å². The van der Waals surface area contributed by atoms with Gasteiger partial charge in [-0.3, -0.25) is 0 Å². The quantitative estimate of drug-likeness (QED) is 0.762. The summed E-state index contributed by atoms with van der Waals surface area (Å²) in [6, 6.07) is 7.57. The molecule has 0 aromatic heterocycles. The molecule has 1 unspecified atom stereocenters. The minimum atomic E-state index is 0.466. The molecule has 1 atom stereocenters. The van der Waals surface area contributed by atoms with E-state index in [1.54, 1.807) is 6.07 Å². The molecule has 1 aromatic rings. The molecule has 16 heavy (non-hydrogen) atoms. The molecule has 3 nitrogen and oxygen atoms in total. The predicted molar refractivity (Wildman–Crippen MR) is 65.9 cm³/mol. The number of nitriles is 1. The molecule has 0 amide bonds. The van der Waals surface area contributed by atoms with Crippen LogP contribution in [0.3, 0.4) is 0 Å². The van der Waals surface area contributed by atoms with Crippen molar-refractivity contribution in [2.45, 2.75) is 20.3 Å². The molecule has 0 saturated heterocycles. The van der Waals surface area contributed by atoms with Crippen molar-refractivity contribution >= 4 is 11.4 Å². The maximum atomic E-state index is 8.98. The van der Waals surface area contributed by atoms with E-state index in [0.717, 1.165) is 18.2 Å². The van der Waals surface area contributed by atoms with E-state index in [0.29, 0.717) is 16.7 Å². The average molecular weight is 215 g/mol. The summed E-state index contributed by atoms with van der Waals surface area (Å²) in [5, 5.41) is 12.3. The summed E-state index contributed by atoms with van der Waals surface area (Å²) in [6.07, 6.45) is 1.26.